The lowest BCUT2D eigenvalue weighted by Crippen LogP contribution is -2.61. The molecule has 1 spiro atoms. The van der Waals surface area contributed by atoms with Gasteiger partial charge in [0, 0.05) is 37.9 Å². The highest BCUT2D eigenvalue weighted by Gasteiger charge is 2.72. The Balaban J connectivity index is 1.41. The van der Waals surface area contributed by atoms with Gasteiger partial charge in [-0.25, -0.2) is 4.79 Å². The predicted octanol–water partition coefficient (Wildman–Crippen LogP) is 4.59. The van der Waals surface area contributed by atoms with E-state index in [1.54, 1.807) is 12.0 Å². The van der Waals surface area contributed by atoms with Gasteiger partial charge in [-0.05, 0) is 71.9 Å². The molecule has 39 heavy (non-hydrogen) atoms. The second-order valence-corrected chi connectivity index (χ2v) is 13.2. The first-order chi connectivity index (χ1) is 18.5. The molecule has 8 atom stereocenters. The van der Waals surface area contributed by atoms with Crippen molar-refractivity contribution in [2.45, 2.75) is 102 Å². The summed E-state index contributed by atoms with van der Waals surface area (Å²) < 4.78 is 20.7. The summed E-state index contributed by atoms with van der Waals surface area (Å²) in [4.78, 5) is 17.1. The lowest BCUT2D eigenvalue weighted by Gasteiger charge is -2.49. The number of aromatic nitrogens is 2. The average Bonchev–Trinajstić information content (AvgIpc) is 3.65. The molecule has 0 bridgehead atoms. The third-order valence-electron chi connectivity index (χ3n) is 9.70. The molecule has 9 heteroatoms. The van der Waals surface area contributed by atoms with Gasteiger partial charge in [0.25, 0.3) is 0 Å². The fourth-order valence-electron chi connectivity index (χ4n) is 7.67. The molecule has 0 aromatic carbocycles. The molecular formula is C30H48N4O5. The van der Waals surface area contributed by atoms with E-state index in [4.69, 9.17) is 14.2 Å². The predicted molar refractivity (Wildman–Crippen MR) is 149 cm³/mol. The summed E-state index contributed by atoms with van der Waals surface area (Å²) in [5, 5.41) is 15.4. The molecule has 1 saturated carbocycles. The minimum atomic E-state index is -0.916. The number of ether oxygens (including phenoxy) is 3. The summed E-state index contributed by atoms with van der Waals surface area (Å²) in [5.41, 5.74) is 1.52. The highest BCUT2D eigenvalue weighted by Crippen LogP contribution is 2.60. The molecule has 4 aliphatic rings. The maximum Gasteiger partial charge on any atom is 0.408 e. The zero-order valence-corrected chi connectivity index (χ0v) is 24.8. The number of likely N-dealkylation sites (tertiary alicyclic amines) is 1. The Hall–Kier alpha value is -1.94. The lowest BCUT2D eigenvalue weighted by molar-refractivity contribution is -0.102. The molecule has 1 aliphatic carbocycles. The van der Waals surface area contributed by atoms with Crippen LogP contribution >= 0.6 is 0 Å². The number of amides is 1. The Labute approximate surface area is 233 Å². The first kappa shape index (κ1) is 28.6. The van der Waals surface area contributed by atoms with Crippen molar-refractivity contribution in [3.8, 4) is 0 Å². The number of epoxide rings is 2. The van der Waals surface area contributed by atoms with Crippen LogP contribution in [0.4, 0.5) is 4.79 Å². The normalized spacial score (nSPS) is 36.8. The quantitative estimate of drug-likeness (QED) is 0.340. The third kappa shape index (κ3) is 5.52. The van der Waals surface area contributed by atoms with Crippen LogP contribution in [0.2, 0.25) is 0 Å². The molecule has 5 rings (SSSR count). The summed E-state index contributed by atoms with van der Waals surface area (Å²) >= 11 is 0. The number of carboxylic acid groups (broad SMARTS) is 1. The van der Waals surface area contributed by atoms with E-state index in [-0.39, 0.29) is 41.7 Å². The van der Waals surface area contributed by atoms with Gasteiger partial charge in [0.1, 0.15) is 5.60 Å². The van der Waals surface area contributed by atoms with Crippen LogP contribution in [0.15, 0.2) is 24.0 Å². The van der Waals surface area contributed by atoms with Gasteiger partial charge in [-0.3, -0.25) is 9.58 Å². The van der Waals surface area contributed by atoms with Crippen molar-refractivity contribution >= 4 is 6.09 Å². The van der Waals surface area contributed by atoms with Gasteiger partial charge in [-0.15, -0.1) is 0 Å². The SMILES string of the molecule is CO[C@@H]1[C@H](N(C(=O)O)[C@H](c2cnn(C[C@@H]3CCN(C)C3)c2)C(C)C)CC[C@]2(CO2)[C@H]1[C@@]1(C)O[C@@H]1CC=C(C)C. The summed E-state index contributed by atoms with van der Waals surface area (Å²) in [6.07, 6.45) is 8.51. The molecule has 0 radical (unpaired) electrons. The molecule has 3 saturated heterocycles. The summed E-state index contributed by atoms with van der Waals surface area (Å²) in [6.45, 7) is 14.3. The highest BCUT2D eigenvalue weighted by molar-refractivity contribution is 5.66. The maximum atomic E-state index is 13.1. The van der Waals surface area contributed by atoms with E-state index in [0.717, 1.165) is 38.0 Å². The van der Waals surface area contributed by atoms with E-state index in [2.05, 4.69) is 63.9 Å². The highest BCUT2D eigenvalue weighted by atomic mass is 16.6. The minimum Gasteiger partial charge on any atom is -0.465 e. The van der Waals surface area contributed by atoms with Crippen molar-refractivity contribution in [1.82, 2.24) is 19.6 Å². The summed E-state index contributed by atoms with van der Waals surface area (Å²) in [6, 6.07) is -0.633. The van der Waals surface area contributed by atoms with Gasteiger partial charge in [0.2, 0.25) is 0 Å². The molecular weight excluding hydrogens is 496 g/mol. The number of methoxy groups -OCH3 is 1. The lowest BCUT2D eigenvalue weighted by atomic mass is 9.67. The number of carbonyl (C=O) groups is 1. The monoisotopic (exact) mass is 544 g/mol. The van der Waals surface area contributed by atoms with Crippen LogP contribution in [0.5, 0.6) is 0 Å². The number of hydrogen-bond acceptors (Lipinski definition) is 6. The average molecular weight is 545 g/mol. The van der Waals surface area contributed by atoms with Crippen LogP contribution in [-0.4, -0.2) is 94.1 Å². The van der Waals surface area contributed by atoms with E-state index in [0.29, 0.717) is 18.9 Å². The van der Waals surface area contributed by atoms with Crippen LogP contribution in [-0.2, 0) is 20.8 Å². The molecule has 1 aromatic rings. The van der Waals surface area contributed by atoms with E-state index in [1.165, 1.54) is 12.0 Å². The summed E-state index contributed by atoms with van der Waals surface area (Å²) in [7, 11) is 3.87. The van der Waals surface area contributed by atoms with Gasteiger partial charge >= 0.3 is 6.09 Å². The first-order valence-electron chi connectivity index (χ1n) is 14.7. The Morgan fingerprint density at radius 3 is 2.67 bits per heavy atom. The third-order valence-corrected chi connectivity index (χ3v) is 9.70. The molecule has 1 aromatic heterocycles. The molecule has 3 aliphatic heterocycles. The van der Waals surface area contributed by atoms with Crippen molar-refractivity contribution in [1.29, 1.82) is 0 Å². The molecule has 1 amide bonds. The van der Waals surface area contributed by atoms with Crippen molar-refractivity contribution in [2.75, 3.05) is 33.9 Å². The molecule has 4 heterocycles. The Morgan fingerprint density at radius 2 is 2.10 bits per heavy atom. The zero-order chi connectivity index (χ0) is 28.1. The minimum absolute atomic E-state index is 0.0407. The Morgan fingerprint density at radius 1 is 1.36 bits per heavy atom. The second kappa shape index (κ2) is 10.8. The van der Waals surface area contributed by atoms with Crippen LogP contribution in [0.25, 0.3) is 0 Å². The van der Waals surface area contributed by atoms with Gasteiger partial charge in [-0.2, -0.15) is 5.10 Å². The van der Waals surface area contributed by atoms with E-state index in [9.17, 15) is 9.90 Å². The van der Waals surface area contributed by atoms with Crippen molar-refractivity contribution < 1.29 is 24.1 Å². The molecule has 0 unspecified atom stereocenters. The Bertz CT molecular complexity index is 1060. The van der Waals surface area contributed by atoms with Crippen molar-refractivity contribution in [2.24, 2.45) is 17.8 Å². The molecule has 9 nitrogen and oxygen atoms in total. The van der Waals surface area contributed by atoms with Crippen molar-refractivity contribution in [3.05, 3.63) is 29.6 Å². The van der Waals surface area contributed by atoms with Crippen LogP contribution in [0.1, 0.15) is 71.9 Å². The van der Waals surface area contributed by atoms with Crippen molar-refractivity contribution in [3.63, 3.8) is 0 Å². The maximum absolute atomic E-state index is 13.1. The standard InChI is InChI=1S/C30H48N4O5/c1-19(2)8-9-24-29(5,39-24)27-26(37-7)23(10-12-30(27)18-38-30)34(28(35)36)25(20(3)4)22-14-31-33(17-22)16-21-11-13-32(6)15-21/h8,14,17,20-21,23-27H,9-13,15-16,18H2,1-7H3,(H,35,36)/t21-,23-,24-,25+,26-,27-,29+,30+/m1/s1. The second-order valence-electron chi connectivity index (χ2n) is 13.2. The number of nitrogens with zero attached hydrogens (tertiary/aromatic N) is 4. The molecule has 218 valence electrons. The molecule has 1 N–H and O–H groups in total. The Kier molecular flexibility index (Phi) is 7.92. The smallest absolute Gasteiger partial charge is 0.408 e. The fourth-order valence-corrected chi connectivity index (χ4v) is 7.67. The summed E-state index contributed by atoms with van der Waals surface area (Å²) in [5.74, 6) is 0.598. The van der Waals surface area contributed by atoms with E-state index >= 15 is 0 Å². The number of hydrogen-bond donors (Lipinski definition) is 1. The topological polar surface area (TPSA) is 95.9 Å². The van der Waals surface area contributed by atoms with E-state index in [1.807, 2.05) is 10.9 Å². The molecule has 4 fully saturated rings. The number of rotatable bonds is 10. The largest absolute Gasteiger partial charge is 0.465 e. The number of allylic oxidation sites excluding steroid dienone is 1. The first-order valence-corrected chi connectivity index (χ1v) is 14.7. The zero-order valence-electron chi connectivity index (χ0n) is 24.8. The van der Waals surface area contributed by atoms with Gasteiger partial charge < -0.3 is 24.2 Å². The van der Waals surface area contributed by atoms with Crippen LogP contribution < -0.4 is 0 Å². The van der Waals surface area contributed by atoms with E-state index < -0.39 is 11.7 Å². The van der Waals surface area contributed by atoms with Crippen LogP contribution in [0.3, 0.4) is 0 Å². The van der Waals surface area contributed by atoms with Crippen LogP contribution in [0, 0.1) is 17.8 Å². The van der Waals surface area contributed by atoms with Gasteiger partial charge in [-0.1, -0.05) is 25.5 Å². The van der Waals surface area contributed by atoms with Gasteiger partial charge in [0.15, 0.2) is 0 Å². The fraction of sp³-hybridized carbons (Fsp3) is 0.800. The van der Waals surface area contributed by atoms with Gasteiger partial charge in [0.05, 0.1) is 42.7 Å².